The van der Waals surface area contributed by atoms with Crippen LogP contribution in [0.25, 0.3) is 16.9 Å². The molecule has 1 N–H and O–H groups in total. The van der Waals surface area contributed by atoms with Crippen molar-refractivity contribution in [3.63, 3.8) is 0 Å². The van der Waals surface area contributed by atoms with Gasteiger partial charge in [0.25, 0.3) is 0 Å². The summed E-state index contributed by atoms with van der Waals surface area (Å²) in [6.45, 7) is 6.61. The molecule has 0 saturated carbocycles. The Morgan fingerprint density at radius 1 is 1.13 bits per heavy atom. The third kappa shape index (κ3) is 5.66. The number of rotatable bonds is 5. The van der Waals surface area contributed by atoms with Gasteiger partial charge in [0.2, 0.25) is 0 Å². The molecule has 0 radical (unpaired) electrons. The number of halogens is 3. The number of aromatic nitrogens is 4. The van der Waals surface area contributed by atoms with Crippen molar-refractivity contribution in [3.8, 4) is 11.4 Å². The molecule has 0 aliphatic carbocycles. The summed E-state index contributed by atoms with van der Waals surface area (Å²) >= 11 is 0. The highest BCUT2D eigenvalue weighted by molar-refractivity contribution is 5.84. The highest BCUT2D eigenvalue weighted by atomic mass is 19.4. The van der Waals surface area contributed by atoms with Gasteiger partial charge in [-0.15, -0.1) is 5.10 Å². The fraction of sp³-hybridized carbons (Fsp3) is 0.500. The standard InChI is InChI=1S/C24H29F3N8O3/c1-32-3-5-33(6-4-32)14-16-11-19-22(34-7-9-38-10-8-34)30-21(31-35(19)15-16)17-13-28-20(29-23(36)37-2)12-18(17)24(25,26)27/h11-13,15H,3-10,14H2,1-2H3,(H,28,29,36). The van der Waals surface area contributed by atoms with Crippen molar-refractivity contribution in [2.24, 2.45) is 0 Å². The molecule has 3 aromatic heterocycles. The predicted octanol–water partition coefficient (Wildman–Crippen LogP) is 2.57. The molecule has 14 heteroatoms. The molecule has 3 aromatic rings. The van der Waals surface area contributed by atoms with E-state index in [2.05, 4.69) is 42.0 Å². The number of nitrogens with one attached hydrogen (secondary N) is 1. The van der Waals surface area contributed by atoms with E-state index in [1.807, 2.05) is 17.2 Å². The van der Waals surface area contributed by atoms with Crippen LogP contribution in [-0.4, -0.2) is 102 Å². The molecular formula is C24H29F3N8O3. The number of morpholine rings is 1. The van der Waals surface area contributed by atoms with Crippen LogP contribution in [0.4, 0.5) is 29.6 Å². The maximum Gasteiger partial charge on any atom is 0.417 e. The van der Waals surface area contributed by atoms with Crippen molar-refractivity contribution in [2.45, 2.75) is 12.7 Å². The normalized spacial score (nSPS) is 17.7. The van der Waals surface area contributed by atoms with Crippen LogP contribution in [0.5, 0.6) is 0 Å². The SMILES string of the molecule is COC(=O)Nc1cc(C(F)(F)F)c(-c2nc(N3CCOCC3)c3cc(CN4CCN(C)CC4)cn3n2)cn1. The molecule has 0 spiro atoms. The summed E-state index contributed by atoms with van der Waals surface area (Å²) in [6.07, 6.45) is -2.80. The van der Waals surface area contributed by atoms with E-state index in [9.17, 15) is 18.0 Å². The smallest absolute Gasteiger partial charge is 0.417 e. The van der Waals surface area contributed by atoms with Crippen LogP contribution >= 0.6 is 0 Å². The fourth-order valence-corrected chi connectivity index (χ4v) is 4.60. The first-order chi connectivity index (χ1) is 18.2. The lowest BCUT2D eigenvalue weighted by atomic mass is 10.1. The second kappa shape index (κ2) is 10.7. The van der Waals surface area contributed by atoms with Crippen LogP contribution in [0.15, 0.2) is 24.5 Å². The number of fused-ring (bicyclic) bond motifs is 1. The molecule has 5 rings (SSSR count). The molecular weight excluding hydrogens is 505 g/mol. The van der Waals surface area contributed by atoms with Crippen LogP contribution in [0.2, 0.25) is 0 Å². The van der Waals surface area contributed by atoms with E-state index in [-0.39, 0.29) is 17.2 Å². The molecule has 204 valence electrons. The highest BCUT2D eigenvalue weighted by Crippen LogP contribution is 2.38. The number of carbonyl (C=O) groups excluding carboxylic acids is 1. The first kappa shape index (κ1) is 26.1. The van der Waals surface area contributed by atoms with Gasteiger partial charge < -0.3 is 19.3 Å². The third-order valence-electron chi connectivity index (χ3n) is 6.68. The topological polar surface area (TPSA) is 100 Å². The number of carbonyl (C=O) groups is 1. The minimum absolute atomic E-state index is 0.120. The van der Waals surface area contributed by atoms with E-state index in [1.165, 1.54) is 0 Å². The number of likely N-dealkylation sites (N-methyl/N-ethyl adjacent to an activating group) is 1. The largest absolute Gasteiger partial charge is 0.453 e. The maximum absolute atomic E-state index is 14.1. The number of nitrogens with zero attached hydrogens (tertiary/aromatic N) is 7. The Balaban J connectivity index is 1.57. The third-order valence-corrected chi connectivity index (χ3v) is 6.68. The van der Waals surface area contributed by atoms with Crippen LogP contribution in [0.1, 0.15) is 11.1 Å². The van der Waals surface area contributed by atoms with Crippen molar-refractivity contribution < 1.29 is 27.4 Å². The average molecular weight is 535 g/mol. The van der Waals surface area contributed by atoms with Crippen LogP contribution < -0.4 is 10.2 Å². The van der Waals surface area contributed by atoms with Crippen LogP contribution in [0, 0.1) is 0 Å². The molecule has 0 atom stereocenters. The molecule has 2 aliphatic rings. The molecule has 0 aromatic carbocycles. The van der Waals surface area contributed by atoms with Crippen molar-refractivity contribution in [3.05, 3.63) is 35.7 Å². The first-order valence-electron chi connectivity index (χ1n) is 12.3. The Hall–Kier alpha value is -3.49. The van der Waals surface area contributed by atoms with Crippen LogP contribution in [-0.2, 0) is 22.2 Å². The van der Waals surface area contributed by atoms with E-state index in [0.29, 0.717) is 44.2 Å². The maximum atomic E-state index is 14.1. The number of ether oxygens (including phenoxy) is 2. The molecule has 2 fully saturated rings. The summed E-state index contributed by atoms with van der Waals surface area (Å²) in [5.41, 5.74) is 0.405. The minimum Gasteiger partial charge on any atom is -0.453 e. The number of piperazine rings is 1. The van der Waals surface area contributed by atoms with Gasteiger partial charge in [0, 0.05) is 58.2 Å². The molecule has 5 heterocycles. The Bertz CT molecular complexity index is 1300. The van der Waals surface area contributed by atoms with Gasteiger partial charge in [-0.25, -0.2) is 19.3 Å². The van der Waals surface area contributed by atoms with Crippen LogP contribution in [0.3, 0.4) is 0 Å². The molecule has 38 heavy (non-hydrogen) atoms. The monoisotopic (exact) mass is 534 g/mol. The van der Waals surface area contributed by atoms with Gasteiger partial charge in [-0.3, -0.25) is 10.2 Å². The summed E-state index contributed by atoms with van der Waals surface area (Å²) in [5.74, 6) is 0.121. The second-order valence-electron chi connectivity index (χ2n) is 9.35. The van der Waals surface area contributed by atoms with Crippen molar-refractivity contribution >= 4 is 23.2 Å². The molecule has 1 amide bonds. The molecule has 2 aliphatic heterocycles. The molecule has 11 nitrogen and oxygen atoms in total. The van der Waals surface area contributed by atoms with E-state index in [4.69, 9.17) is 4.74 Å². The summed E-state index contributed by atoms with van der Waals surface area (Å²) in [7, 11) is 3.21. The lowest BCUT2D eigenvalue weighted by molar-refractivity contribution is -0.137. The molecule has 2 saturated heterocycles. The van der Waals surface area contributed by atoms with Gasteiger partial charge in [0.05, 0.1) is 31.5 Å². The van der Waals surface area contributed by atoms with Crippen molar-refractivity contribution in [2.75, 3.05) is 76.9 Å². The van der Waals surface area contributed by atoms with Gasteiger partial charge in [-0.1, -0.05) is 0 Å². The quantitative estimate of drug-likeness (QED) is 0.529. The number of amides is 1. The highest BCUT2D eigenvalue weighted by Gasteiger charge is 2.36. The van der Waals surface area contributed by atoms with E-state index in [1.54, 1.807) is 4.52 Å². The number of anilines is 2. The predicted molar refractivity (Wildman–Crippen MR) is 133 cm³/mol. The Morgan fingerprint density at radius 2 is 1.87 bits per heavy atom. The van der Waals surface area contributed by atoms with Gasteiger partial charge in [-0.2, -0.15) is 13.2 Å². The molecule has 0 unspecified atom stereocenters. The zero-order valence-electron chi connectivity index (χ0n) is 21.2. The fourth-order valence-electron chi connectivity index (χ4n) is 4.60. The van der Waals surface area contributed by atoms with E-state index >= 15 is 0 Å². The van der Waals surface area contributed by atoms with Gasteiger partial charge in [0.1, 0.15) is 11.3 Å². The van der Waals surface area contributed by atoms with E-state index < -0.39 is 17.8 Å². The number of hydrogen-bond acceptors (Lipinski definition) is 9. The number of pyridine rings is 1. The first-order valence-corrected chi connectivity index (χ1v) is 12.3. The summed E-state index contributed by atoms with van der Waals surface area (Å²) in [4.78, 5) is 26.7. The zero-order chi connectivity index (χ0) is 26.9. The number of methoxy groups -OCH3 is 1. The average Bonchev–Trinajstić information content (AvgIpc) is 3.31. The molecule has 0 bridgehead atoms. The van der Waals surface area contributed by atoms with Crippen molar-refractivity contribution in [1.29, 1.82) is 0 Å². The lowest BCUT2D eigenvalue weighted by Gasteiger charge is -2.32. The Labute approximate surface area is 217 Å². The lowest BCUT2D eigenvalue weighted by Crippen LogP contribution is -2.43. The second-order valence-corrected chi connectivity index (χ2v) is 9.35. The number of hydrogen-bond donors (Lipinski definition) is 1. The van der Waals surface area contributed by atoms with Crippen molar-refractivity contribution in [1.82, 2.24) is 29.4 Å². The summed E-state index contributed by atoms with van der Waals surface area (Å²) in [5, 5.41) is 6.65. The number of alkyl halides is 3. The van der Waals surface area contributed by atoms with E-state index in [0.717, 1.165) is 51.1 Å². The van der Waals surface area contributed by atoms with Gasteiger partial charge >= 0.3 is 12.3 Å². The Morgan fingerprint density at radius 3 is 2.55 bits per heavy atom. The minimum atomic E-state index is -4.74. The van der Waals surface area contributed by atoms with Gasteiger partial charge in [-0.05, 0) is 24.7 Å². The summed E-state index contributed by atoms with van der Waals surface area (Å²) in [6, 6.07) is 2.75. The Kier molecular flexibility index (Phi) is 7.36. The summed E-state index contributed by atoms with van der Waals surface area (Å²) < 4.78 is 53.9. The van der Waals surface area contributed by atoms with Gasteiger partial charge in [0.15, 0.2) is 11.6 Å². The zero-order valence-corrected chi connectivity index (χ0v) is 21.2.